The number of hydrogen-bond acceptors (Lipinski definition) is 5. The number of aromatic nitrogens is 5. The average molecular weight is 319 g/mol. The third kappa shape index (κ3) is 2.76. The van der Waals surface area contributed by atoms with Crippen LogP contribution >= 0.6 is 11.3 Å². The van der Waals surface area contributed by atoms with E-state index in [9.17, 15) is 0 Å². The molecule has 0 saturated heterocycles. The van der Waals surface area contributed by atoms with Crippen LogP contribution in [-0.2, 0) is 0 Å². The summed E-state index contributed by atoms with van der Waals surface area (Å²) in [6.07, 6.45) is 10.9. The van der Waals surface area contributed by atoms with Crippen molar-refractivity contribution >= 4 is 33.7 Å². The predicted molar refractivity (Wildman–Crippen MR) is 92.4 cm³/mol. The molecule has 0 N–H and O–H groups in total. The Labute approximate surface area is 137 Å². The lowest BCUT2D eigenvalue weighted by Crippen LogP contribution is -1.97. The van der Waals surface area contributed by atoms with E-state index in [-0.39, 0.29) is 0 Å². The van der Waals surface area contributed by atoms with E-state index in [1.807, 2.05) is 18.2 Å². The maximum absolute atomic E-state index is 4.56. The molecule has 0 radical (unpaired) electrons. The van der Waals surface area contributed by atoms with Gasteiger partial charge in [-0.25, -0.2) is 14.6 Å². The standard InChI is InChI=1S/C17H13N5S/c1-12-8-13(2-4-15(12)22-11-19-10-20-22)3-5-17-21-14-9-18-7-6-16(14)23-17/h2-11H,1H3/b5-3+. The Morgan fingerprint density at radius 2 is 2.09 bits per heavy atom. The third-order valence-electron chi connectivity index (χ3n) is 3.51. The largest absolute Gasteiger partial charge is 0.262 e. The van der Waals surface area contributed by atoms with E-state index in [1.54, 1.807) is 34.7 Å². The topological polar surface area (TPSA) is 56.5 Å². The van der Waals surface area contributed by atoms with Crippen molar-refractivity contribution in [1.82, 2.24) is 24.7 Å². The predicted octanol–water partition coefficient (Wildman–Crippen LogP) is 3.75. The summed E-state index contributed by atoms with van der Waals surface area (Å²) in [5.41, 5.74) is 4.25. The first-order valence-corrected chi connectivity index (χ1v) is 7.95. The van der Waals surface area contributed by atoms with E-state index >= 15 is 0 Å². The van der Waals surface area contributed by atoms with Gasteiger partial charge in [-0.3, -0.25) is 4.98 Å². The first-order chi connectivity index (χ1) is 11.3. The van der Waals surface area contributed by atoms with Crippen LogP contribution in [0.25, 0.3) is 28.1 Å². The zero-order chi connectivity index (χ0) is 15.6. The molecule has 0 aliphatic rings. The van der Waals surface area contributed by atoms with E-state index in [0.717, 1.165) is 32.0 Å². The number of benzene rings is 1. The number of hydrogen-bond donors (Lipinski definition) is 0. The lowest BCUT2D eigenvalue weighted by atomic mass is 10.1. The highest BCUT2D eigenvalue weighted by Crippen LogP contribution is 2.23. The molecular formula is C17H13N5S. The summed E-state index contributed by atoms with van der Waals surface area (Å²) in [4.78, 5) is 12.6. The number of fused-ring (bicyclic) bond motifs is 1. The maximum Gasteiger partial charge on any atom is 0.138 e. The zero-order valence-corrected chi connectivity index (χ0v) is 13.2. The highest BCUT2D eigenvalue weighted by atomic mass is 32.1. The van der Waals surface area contributed by atoms with Crippen molar-refractivity contribution in [2.75, 3.05) is 0 Å². The molecule has 1 aromatic carbocycles. The van der Waals surface area contributed by atoms with Crippen molar-refractivity contribution in [2.24, 2.45) is 0 Å². The fourth-order valence-corrected chi connectivity index (χ4v) is 3.25. The van der Waals surface area contributed by atoms with Crippen LogP contribution in [0.15, 0.2) is 49.3 Å². The van der Waals surface area contributed by atoms with Gasteiger partial charge in [0.25, 0.3) is 0 Å². The molecule has 0 spiro atoms. The van der Waals surface area contributed by atoms with E-state index in [4.69, 9.17) is 0 Å². The Hall–Kier alpha value is -2.86. The van der Waals surface area contributed by atoms with Crippen molar-refractivity contribution in [3.8, 4) is 5.69 Å². The molecule has 0 saturated carbocycles. The lowest BCUT2D eigenvalue weighted by Gasteiger charge is -2.05. The van der Waals surface area contributed by atoms with Crippen LogP contribution in [0.2, 0.25) is 0 Å². The summed E-state index contributed by atoms with van der Waals surface area (Å²) in [6.45, 7) is 2.07. The van der Waals surface area contributed by atoms with Crippen LogP contribution < -0.4 is 0 Å². The van der Waals surface area contributed by atoms with Gasteiger partial charge in [0.05, 0.1) is 16.6 Å². The van der Waals surface area contributed by atoms with Gasteiger partial charge >= 0.3 is 0 Å². The summed E-state index contributed by atoms with van der Waals surface area (Å²) in [6, 6.07) is 8.23. The van der Waals surface area contributed by atoms with Gasteiger partial charge in [0.1, 0.15) is 23.2 Å². The van der Waals surface area contributed by atoms with Crippen molar-refractivity contribution in [1.29, 1.82) is 0 Å². The van der Waals surface area contributed by atoms with Crippen molar-refractivity contribution in [3.63, 3.8) is 0 Å². The molecule has 0 fully saturated rings. The molecular weight excluding hydrogens is 306 g/mol. The Balaban J connectivity index is 1.62. The highest BCUT2D eigenvalue weighted by Gasteiger charge is 2.03. The first kappa shape index (κ1) is 13.8. The molecule has 3 aromatic heterocycles. The average Bonchev–Trinajstić information content (AvgIpc) is 3.22. The van der Waals surface area contributed by atoms with Gasteiger partial charge in [-0.2, -0.15) is 5.10 Å². The van der Waals surface area contributed by atoms with Gasteiger partial charge in [0, 0.05) is 6.20 Å². The number of rotatable bonds is 3. The van der Waals surface area contributed by atoms with Gasteiger partial charge in [0.2, 0.25) is 0 Å². The van der Waals surface area contributed by atoms with Crippen LogP contribution in [0.4, 0.5) is 0 Å². The maximum atomic E-state index is 4.56. The molecule has 4 rings (SSSR count). The Morgan fingerprint density at radius 3 is 2.87 bits per heavy atom. The minimum Gasteiger partial charge on any atom is -0.262 e. The molecule has 0 aliphatic heterocycles. The molecule has 5 nitrogen and oxygen atoms in total. The number of pyridine rings is 1. The summed E-state index contributed by atoms with van der Waals surface area (Å²) < 4.78 is 2.92. The first-order valence-electron chi connectivity index (χ1n) is 7.14. The van der Waals surface area contributed by atoms with Gasteiger partial charge in [-0.05, 0) is 42.3 Å². The molecule has 0 aliphatic carbocycles. The minimum atomic E-state index is 0.940. The monoisotopic (exact) mass is 319 g/mol. The van der Waals surface area contributed by atoms with Crippen LogP contribution in [0.1, 0.15) is 16.1 Å². The number of thiazole rings is 1. The van der Waals surface area contributed by atoms with Crippen molar-refractivity contribution in [2.45, 2.75) is 6.92 Å². The minimum absolute atomic E-state index is 0.940. The molecule has 23 heavy (non-hydrogen) atoms. The second kappa shape index (κ2) is 5.73. The van der Waals surface area contributed by atoms with Crippen LogP contribution in [0.5, 0.6) is 0 Å². The highest BCUT2D eigenvalue weighted by molar-refractivity contribution is 7.19. The number of aryl methyl sites for hydroxylation is 1. The molecule has 0 amide bonds. The molecule has 112 valence electrons. The Bertz CT molecular complexity index is 952. The van der Waals surface area contributed by atoms with Crippen LogP contribution in [0.3, 0.4) is 0 Å². The molecule has 6 heteroatoms. The lowest BCUT2D eigenvalue weighted by molar-refractivity contribution is 0.871. The molecule has 0 atom stereocenters. The fourth-order valence-electron chi connectivity index (χ4n) is 2.41. The Morgan fingerprint density at radius 1 is 1.13 bits per heavy atom. The van der Waals surface area contributed by atoms with Gasteiger partial charge in [0.15, 0.2) is 0 Å². The molecule has 0 bridgehead atoms. The summed E-state index contributed by atoms with van der Waals surface area (Å²) in [7, 11) is 0. The fraction of sp³-hybridized carbons (Fsp3) is 0.0588. The van der Waals surface area contributed by atoms with E-state index < -0.39 is 0 Å². The Kier molecular flexibility index (Phi) is 3.44. The molecule has 3 heterocycles. The second-order valence-electron chi connectivity index (χ2n) is 5.11. The number of nitrogens with zero attached hydrogens (tertiary/aromatic N) is 5. The smallest absolute Gasteiger partial charge is 0.138 e. The third-order valence-corrected chi connectivity index (χ3v) is 4.51. The van der Waals surface area contributed by atoms with Crippen LogP contribution in [0, 0.1) is 6.92 Å². The molecule has 0 unspecified atom stereocenters. The van der Waals surface area contributed by atoms with Crippen molar-refractivity contribution in [3.05, 3.63) is 65.4 Å². The SMILES string of the molecule is Cc1cc(/C=C/c2nc3cnccc3s2)ccc1-n1cncn1. The van der Waals surface area contributed by atoms with Crippen molar-refractivity contribution < 1.29 is 0 Å². The van der Waals surface area contributed by atoms with Crippen LogP contribution in [-0.4, -0.2) is 24.7 Å². The quantitative estimate of drug-likeness (QED) is 0.577. The summed E-state index contributed by atoms with van der Waals surface area (Å²) in [5.74, 6) is 0. The van der Waals surface area contributed by atoms with Gasteiger partial charge in [-0.1, -0.05) is 12.1 Å². The summed E-state index contributed by atoms with van der Waals surface area (Å²) >= 11 is 1.66. The second-order valence-corrected chi connectivity index (χ2v) is 6.18. The van der Waals surface area contributed by atoms with E-state index in [1.165, 1.54) is 6.33 Å². The van der Waals surface area contributed by atoms with E-state index in [2.05, 4.69) is 45.2 Å². The van der Waals surface area contributed by atoms with Gasteiger partial charge < -0.3 is 0 Å². The normalized spacial score (nSPS) is 11.5. The summed E-state index contributed by atoms with van der Waals surface area (Å²) in [5, 5.41) is 5.15. The zero-order valence-electron chi connectivity index (χ0n) is 12.4. The molecule has 4 aromatic rings. The van der Waals surface area contributed by atoms with Gasteiger partial charge in [-0.15, -0.1) is 11.3 Å². The van der Waals surface area contributed by atoms with E-state index in [0.29, 0.717) is 0 Å².